The molecule has 1 aromatic carbocycles. The van der Waals surface area contributed by atoms with Crippen molar-refractivity contribution in [1.82, 2.24) is 14.6 Å². The number of carbonyl (C=O) groups excluding carboxylic acids is 1. The van der Waals surface area contributed by atoms with Crippen molar-refractivity contribution in [3.63, 3.8) is 0 Å². The van der Waals surface area contributed by atoms with Gasteiger partial charge in [-0.15, -0.1) is 0 Å². The number of hydrogen-bond donors (Lipinski definition) is 2. The van der Waals surface area contributed by atoms with E-state index < -0.39 is 0 Å². The molecule has 0 saturated heterocycles. The lowest BCUT2D eigenvalue weighted by atomic mass is 9.95. The molecule has 1 aliphatic carbocycles. The van der Waals surface area contributed by atoms with Crippen molar-refractivity contribution in [3.05, 3.63) is 54.4 Å². The van der Waals surface area contributed by atoms with Crippen LogP contribution in [0.4, 0.5) is 11.5 Å². The van der Waals surface area contributed by atoms with Gasteiger partial charge in [0.15, 0.2) is 5.65 Å². The average Bonchev–Trinajstić information content (AvgIpc) is 3.07. The Kier molecular flexibility index (Phi) is 4.33. The van der Waals surface area contributed by atoms with E-state index in [0.717, 1.165) is 11.5 Å². The number of rotatable bonds is 4. The molecular formula is C19H21N5O. The van der Waals surface area contributed by atoms with Gasteiger partial charge in [0.25, 0.3) is 5.91 Å². The van der Waals surface area contributed by atoms with Gasteiger partial charge in [0, 0.05) is 17.9 Å². The monoisotopic (exact) mass is 335 g/mol. The molecule has 2 heterocycles. The Morgan fingerprint density at radius 3 is 2.68 bits per heavy atom. The summed E-state index contributed by atoms with van der Waals surface area (Å²) in [6, 6.07) is 11.8. The second kappa shape index (κ2) is 6.93. The molecule has 1 amide bonds. The summed E-state index contributed by atoms with van der Waals surface area (Å²) in [7, 11) is 0. The second-order valence-corrected chi connectivity index (χ2v) is 6.44. The van der Waals surface area contributed by atoms with Crippen LogP contribution in [-0.2, 0) is 0 Å². The van der Waals surface area contributed by atoms with Crippen molar-refractivity contribution >= 4 is 23.1 Å². The highest BCUT2D eigenvalue weighted by Crippen LogP contribution is 2.21. The number of amides is 1. The minimum absolute atomic E-state index is 0.205. The van der Waals surface area contributed by atoms with E-state index in [2.05, 4.69) is 20.7 Å². The minimum Gasteiger partial charge on any atom is -0.367 e. The largest absolute Gasteiger partial charge is 0.367 e. The fraction of sp³-hybridized carbons (Fsp3) is 0.316. The fourth-order valence-electron chi connectivity index (χ4n) is 3.29. The van der Waals surface area contributed by atoms with Crippen molar-refractivity contribution in [3.8, 4) is 0 Å². The maximum Gasteiger partial charge on any atom is 0.261 e. The topological polar surface area (TPSA) is 71.3 Å². The Morgan fingerprint density at radius 1 is 1.08 bits per heavy atom. The maximum absolute atomic E-state index is 12.6. The van der Waals surface area contributed by atoms with Gasteiger partial charge in [-0.2, -0.15) is 5.10 Å². The molecule has 6 nitrogen and oxygen atoms in total. The Bertz CT molecular complexity index is 868. The van der Waals surface area contributed by atoms with Crippen LogP contribution in [0.15, 0.2) is 48.8 Å². The van der Waals surface area contributed by atoms with Gasteiger partial charge in [0.2, 0.25) is 0 Å². The van der Waals surface area contributed by atoms with E-state index in [-0.39, 0.29) is 5.91 Å². The highest BCUT2D eigenvalue weighted by atomic mass is 16.1. The molecule has 4 rings (SSSR count). The number of hydrogen-bond acceptors (Lipinski definition) is 4. The molecule has 0 radical (unpaired) electrons. The molecule has 2 N–H and O–H groups in total. The van der Waals surface area contributed by atoms with E-state index in [1.54, 1.807) is 10.7 Å². The fourth-order valence-corrected chi connectivity index (χ4v) is 3.29. The zero-order chi connectivity index (χ0) is 17.1. The number of aromatic nitrogens is 3. The third-order valence-electron chi connectivity index (χ3n) is 4.60. The quantitative estimate of drug-likeness (QED) is 0.762. The van der Waals surface area contributed by atoms with Crippen LogP contribution in [-0.4, -0.2) is 26.5 Å². The van der Waals surface area contributed by atoms with E-state index in [9.17, 15) is 4.79 Å². The molecule has 0 spiro atoms. The first-order valence-electron chi connectivity index (χ1n) is 8.77. The number of fused-ring (bicyclic) bond motifs is 1. The highest BCUT2D eigenvalue weighted by Gasteiger charge is 2.17. The number of nitrogens with zero attached hydrogens (tertiary/aromatic N) is 3. The third-order valence-corrected chi connectivity index (χ3v) is 4.60. The molecule has 1 aliphatic rings. The van der Waals surface area contributed by atoms with Gasteiger partial charge < -0.3 is 10.6 Å². The SMILES string of the molecule is O=C(Nc1ccccc1)c1cnn2ccc(NC3CCCCC3)nc12. The lowest BCUT2D eigenvalue weighted by Gasteiger charge is -2.23. The van der Waals surface area contributed by atoms with Gasteiger partial charge in [-0.3, -0.25) is 4.79 Å². The molecule has 0 atom stereocenters. The van der Waals surface area contributed by atoms with E-state index in [1.165, 1.54) is 32.1 Å². The summed E-state index contributed by atoms with van der Waals surface area (Å²) >= 11 is 0. The molecule has 0 aliphatic heterocycles. The van der Waals surface area contributed by atoms with Gasteiger partial charge in [-0.25, -0.2) is 9.50 Å². The molecule has 1 saturated carbocycles. The molecule has 6 heteroatoms. The number of para-hydroxylation sites is 1. The summed E-state index contributed by atoms with van der Waals surface area (Å²) in [5, 5.41) is 10.6. The zero-order valence-corrected chi connectivity index (χ0v) is 14.0. The van der Waals surface area contributed by atoms with Gasteiger partial charge in [0.1, 0.15) is 11.4 Å². The molecule has 128 valence electrons. The summed E-state index contributed by atoms with van der Waals surface area (Å²) in [4.78, 5) is 17.2. The summed E-state index contributed by atoms with van der Waals surface area (Å²) < 4.78 is 1.63. The summed E-state index contributed by atoms with van der Waals surface area (Å²) in [6.45, 7) is 0. The predicted octanol–water partition coefficient (Wildman–Crippen LogP) is 3.73. The first-order valence-corrected chi connectivity index (χ1v) is 8.77. The number of nitrogens with one attached hydrogen (secondary N) is 2. The molecule has 0 unspecified atom stereocenters. The van der Waals surface area contributed by atoms with Gasteiger partial charge in [-0.05, 0) is 31.0 Å². The Labute approximate surface area is 146 Å². The highest BCUT2D eigenvalue weighted by molar-refractivity contribution is 6.08. The van der Waals surface area contributed by atoms with Crippen LogP contribution in [0.2, 0.25) is 0 Å². The first-order chi connectivity index (χ1) is 12.3. The van der Waals surface area contributed by atoms with E-state index in [1.807, 2.05) is 42.6 Å². The molecule has 1 fully saturated rings. The minimum atomic E-state index is -0.205. The van der Waals surface area contributed by atoms with Gasteiger partial charge in [-0.1, -0.05) is 37.5 Å². The molecular weight excluding hydrogens is 314 g/mol. The number of carbonyl (C=O) groups is 1. The molecule has 0 bridgehead atoms. The van der Waals surface area contributed by atoms with Crippen molar-refractivity contribution < 1.29 is 4.79 Å². The third kappa shape index (κ3) is 3.47. The Morgan fingerprint density at radius 2 is 1.88 bits per heavy atom. The summed E-state index contributed by atoms with van der Waals surface area (Å²) in [5.41, 5.74) is 1.79. The van der Waals surface area contributed by atoms with Crippen LogP contribution in [0.5, 0.6) is 0 Å². The summed E-state index contributed by atoms with van der Waals surface area (Å²) in [5.74, 6) is 0.595. The number of anilines is 2. The van der Waals surface area contributed by atoms with Gasteiger partial charge >= 0.3 is 0 Å². The van der Waals surface area contributed by atoms with Crippen molar-refractivity contribution in [1.29, 1.82) is 0 Å². The van der Waals surface area contributed by atoms with E-state index >= 15 is 0 Å². The zero-order valence-electron chi connectivity index (χ0n) is 14.0. The normalized spacial score (nSPS) is 15.2. The van der Waals surface area contributed by atoms with Crippen molar-refractivity contribution in [2.24, 2.45) is 0 Å². The smallest absolute Gasteiger partial charge is 0.261 e. The molecule has 3 aromatic rings. The molecule has 25 heavy (non-hydrogen) atoms. The lowest BCUT2D eigenvalue weighted by molar-refractivity contribution is 0.102. The van der Waals surface area contributed by atoms with Crippen molar-refractivity contribution in [2.75, 3.05) is 10.6 Å². The number of benzene rings is 1. The standard InChI is InChI=1S/C19H21N5O/c25-19(22-15-9-5-2-6-10-15)16-13-20-24-12-11-17(23-18(16)24)21-14-7-3-1-4-8-14/h2,5-6,9-14H,1,3-4,7-8H2,(H,21,23)(H,22,25). The van der Waals surface area contributed by atoms with Gasteiger partial charge in [0.05, 0.1) is 6.20 Å². The van der Waals surface area contributed by atoms with Crippen LogP contribution in [0.3, 0.4) is 0 Å². The van der Waals surface area contributed by atoms with Crippen LogP contribution in [0, 0.1) is 0 Å². The van der Waals surface area contributed by atoms with Crippen LogP contribution < -0.4 is 10.6 Å². The Balaban J connectivity index is 1.56. The summed E-state index contributed by atoms with van der Waals surface area (Å²) in [6.07, 6.45) is 9.59. The second-order valence-electron chi connectivity index (χ2n) is 6.44. The van der Waals surface area contributed by atoms with E-state index in [0.29, 0.717) is 17.3 Å². The maximum atomic E-state index is 12.6. The van der Waals surface area contributed by atoms with Crippen LogP contribution in [0.1, 0.15) is 42.5 Å². The Hall–Kier alpha value is -2.89. The van der Waals surface area contributed by atoms with Crippen LogP contribution >= 0.6 is 0 Å². The first kappa shape index (κ1) is 15.6. The lowest BCUT2D eigenvalue weighted by Crippen LogP contribution is -2.23. The predicted molar refractivity (Wildman–Crippen MR) is 97.9 cm³/mol. The van der Waals surface area contributed by atoms with Crippen LogP contribution in [0.25, 0.3) is 5.65 Å². The van der Waals surface area contributed by atoms with E-state index in [4.69, 9.17) is 0 Å². The average molecular weight is 335 g/mol. The van der Waals surface area contributed by atoms with Crippen molar-refractivity contribution in [2.45, 2.75) is 38.1 Å². The molecule has 2 aromatic heterocycles.